The number of nitrogens with two attached hydrogens (primary N) is 1. The fourth-order valence-corrected chi connectivity index (χ4v) is 2.15. The van der Waals surface area contributed by atoms with Gasteiger partial charge in [0.2, 0.25) is 0 Å². The van der Waals surface area contributed by atoms with Crippen LogP contribution in [0.3, 0.4) is 0 Å². The molecule has 0 saturated heterocycles. The van der Waals surface area contributed by atoms with Crippen LogP contribution in [0.2, 0.25) is 0 Å². The molecule has 2 aromatic rings. The molecule has 0 aliphatic carbocycles. The molecule has 0 bridgehead atoms. The van der Waals surface area contributed by atoms with Gasteiger partial charge in [0.05, 0.1) is 16.8 Å². The van der Waals surface area contributed by atoms with Crippen molar-refractivity contribution in [1.29, 1.82) is 0 Å². The van der Waals surface area contributed by atoms with Gasteiger partial charge in [-0.25, -0.2) is 0 Å². The van der Waals surface area contributed by atoms with Gasteiger partial charge < -0.3 is 15.5 Å². The predicted molar refractivity (Wildman–Crippen MR) is 81.3 cm³/mol. The van der Waals surface area contributed by atoms with Crippen LogP contribution in [-0.2, 0) is 6.42 Å². The van der Waals surface area contributed by atoms with Gasteiger partial charge in [-0.2, -0.15) is 0 Å². The van der Waals surface area contributed by atoms with Crippen LogP contribution < -0.4 is 11.1 Å². The number of hydrogen-bond acceptors (Lipinski definition) is 3. The Morgan fingerprint density at radius 2 is 2.00 bits per heavy atom. The Hall–Kier alpha value is -1.66. The molecule has 1 amide bonds. The Kier molecular flexibility index (Phi) is 4.34. The molecular weight excluding hydrogens is 328 g/mol. The molecule has 0 unspecified atom stereocenters. The van der Waals surface area contributed by atoms with Crippen LogP contribution in [0, 0.1) is 0 Å². The van der Waals surface area contributed by atoms with E-state index in [4.69, 9.17) is 22.4 Å². The van der Waals surface area contributed by atoms with E-state index in [0.29, 0.717) is 27.3 Å². The van der Waals surface area contributed by atoms with Crippen LogP contribution in [0.1, 0.15) is 15.9 Å². The van der Waals surface area contributed by atoms with Crippen LogP contribution in [0.4, 0.5) is 5.69 Å². The molecule has 1 aromatic carbocycles. The molecule has 3 N–H and O–H groups in total. The van der Waals surface area contributed by atoms with Crippen LogP contribution in [0.25, 0.3) is 0 Å². The van der Waals surface area contributed by atoms with Crippen molar-refractivity contribution in [3.05, 3.63) is 52.4 Å². The Labute approximate surface area is 124 Å². The minimum absolute atomic E-state index is 0.234. The maximum absolute atomic E-state index is 11.9. The third kappa shape index (κ3) is 3.65. The van der Waals surface area contributed by atoms with E-state index < -0.39 is 0 Å². The molecule has 0 aliphatic rings. The molecule has 0 aliphatic heterocycles. The Balaban J connectivity index is 2.06. The minimum atomic E-state index is -0.234. The van der Waals surface area contributed by atoms with Crippen molar-refractivity contribution in [3.8, 4) is 0 Å². The van der Waals surface area contributed by atoms with E-state index >= 15 is 0 Å². The number of hydrogen-bond donors (Lipinski definition) is 2. The lowest BCUT2D eigenvalue weighted by Crippen LogP contribution is -2.12. The predicted octanol–water partition coefficient (Wildman–Crippen LogP) is 3.12. The van der Waals surface area contributed by atoms with Crippen molar-refractivity contribution in [1.82, 2.24) is 0 Å². The monoisotopic (exact) mass is 338 g/mol. The van der Waals surface area contributed by atoms with E-state index in [0.717, 1.165) is 5.56 Å². The molecule has 98 valence electrons. The summed E-state index contributed by atoms with van der Waals surface area (Å²) in [5, 5.41) is 2.77. The van der Waals surface area contributed by atoms with Crippen molar-refractivity contribution < 1.29 is 9.21 Å². The first-order chi connectivity index (χ1) is 9.06. The number of rotatable bonds is 4. The number of benzene rings is 1. The highest BCUT2D eigenvalue weighted by Crippen LogP contribution is 2.19. The molecule has 6 heteroatoms. The Bertz CT molecular complexity index is 607. The highest BCUT2D eigenvalue weighted by atomic mass is 79.9. The van der Waals surface area contributed by atoms with E-state index in [-0.39, 0.29) is 5.91 Å². The molecule has 0 atom stereocenters. The van der Waals surface area contributed by atoms with E-state index in [2.05, 4.69) is 21.2 Å². The average Bonchev–Trinajstić information content (AvgIpc) is 2.77. The van der Waals surface area contributed by atoms with Gasteiger partial charge in [-0.3, -0.25) is 4.79 Å². The zero-order valence-electron chi connectivity index (χ0n) is 9.85. The van der Waals surface area contributed by atoms with Gasteiger partial charge >= 0.3 is 0 Å². The normalized spacial score (nSPS) is 10.2. The van der Waals surface area contributed by atoms with Crippen molar-refractivity contribution in [2.24, 2.45) is 5.73 Å². The van der Waals surface area contributed by atoms with Crippen LogP contribution >= 0.6 is 28.1 Å². The van der Waals surface area contributed by atoms with E-state index in [1.807, 2.05) is 12.1 Å². The van der Waals surface area contributed by atoms with Gasteiger partial charge in [0, 0.05) is 12.1 Å². The lowest BCUT2D eigenvalue weighted by molar-refractivity contribution is 0.102. The molecule has 0 fully saturated rings. The second-order valence-corrected chi connectivity index (χ2v) is 5.15. The highest BCUT2D eigenvalue weighted by molar-refractivity contribution is 9.10. The van der Waals surface area contributed by atoms with Crippen LogP contribution in [0.5, 0.6) is 0 Å². The molecule has 0 spiro atoms. The SMILES string of the molecule is NC(=S)Cc1ccc(NC(=O)c2ccoc2Br)cc1. The summed E-state index contributed by atoms with van der Waals surface area (Å²) in [4.78, 5) is 12.4. The molecule has 0 saturated carbocycles. The molecule has 1 heterocycles. The van der Waals surface area contributed by atoms with Crippen molar-refractivity contribution in [3.63, 3.8) is 0 Å². The Morgan fingerprint density at radius 3 is 2.53 bits per heavy atom. The second-order valence-electron chi connectivity index (χ2n) is 3.90. The summed E-state index contributed by atoms with van der Waals surface area (Å²) in [5.74, 6) is -0.234. The van der Waals surface area contributed by atoms with Gasteiger partial charge in [-0.15, -0.1) is 0 Å². The molecule has 2 rings (SSSR count). The number of amides is 1. The molecule has 0 radical (unpaired) electrons. The third-order valence-electron chi connectivity index (χ3n) is 2.45. The number of thiocarbonyl (C=S) groups is 1. The van der Waals surface area contributed by atoms with Crippen molar-refractivity contribution in [2.75, 3.05) is 5.32 Å². The first-order valence-corrected chi connectivity index (χ1v) is 6.68. The summed E-state index contributed by atoms with van der Waals surface area (Å²) >= 11 is 8.00. The average molecular weight is 339 g/mol. The molecule has 1 aromatic heterocycles. The summed E-state index contributed by atoms with van der Waals surface area (Å²) in [6.07, 6.45) is 2.00. The van der Waals surface area contributed by atoms with Crippen molar-refractivity contribution >= 4 is 44.7 Å². The lowest BCUT2D eigenvalue weighted by atomic mass is 10.1. The van der Waals surface area contributed by atoms with Gasteiger partial charge in [0.25, 0.3) is 5.91 Å². The van der Waals surface area contributed by atoms with E-state index in [1.165, 1.54) is 6.26 Å². The van der Waals surface area contributed by atoms with E-state index in [1.54, 1.807) is 18.2 Å². The molecule has 4 nitrogen and oxygen atoms in total. The molecular formula is C13H11BrN2O2S. The van der Waals surface area contributed by atoms with Gasteiger partial charge in [-0.1, -0.05) is 24.4 Å². The standard InChI is InChI=1S/C13H11BrN2O2S/c14-12-10(5-6-18-12)13(17)16-9-3-1-8(2-4-9)7-11(15)19/h1-6H,7H2,(H2,15,19)(H,16,17). The zero-order valence-corrected chi connectivity index (χ0v) is 12.3. The third-order valence-corrected chi connectivity index (χ3v) is 3.21. The van der Waals surface area contributed by atoms with Crippen molar-refractivity contribution in [2.45, 2.75) is 6.42 Å². The van der Waals surface area contributed by atoms with Gasteiger partial charge in [-0.05, 0) is 39.7 Å². The largest absolute Gasteiger partial charge is 0.457 e. The summed E-state index contributed by atoms with van der Waals surface area (Å²) in [6.45, 7) is 0. The lowest BCUT2D eigenvalue weighted by Gasteiger charge is -2.05. The van der Waals surface area contributed by atoms with Crippen LogP contribution in [0.15, 0.2) is 45.7 Å². The fourth-order valence-electron chi connectivity index (χ4n) is 1.56. The first kappa shape index (κ1) is 13.8. The quantitative estimate of drug-likeness (QED) is 0.840. The number of halogens is 1. The van der Waals surface area contributed by atoms with Gasteiger partial charge in [0.15, 0.2) is 4.67 Å². The maximum Gasteiger partial charge on any atom is 0.260 e. The highest BCUT2D eigenvalue weighted by Gasteiger charge is 2.12. The summed E-state index contributed by atoms with van der Waals surface area (Å²) < 4.78 is 5.43. The maximum atomic E-state index is 11.9. The second kappa shape index (κ2) is 5.99. The Morgan fingerprint density at radius 1 is 1.32 bits per heavy atom. The number of furan rings is 1. The van der Waals surface area contributed by atoms with E-state index in [9.17, 15) is 4.79 Å². The molecule has 19 heavy (non-hydrogen) atoms. The fraction of sp³-hybridized carbons (Fsp3) is 0.0769. The number of nitrogens with one attached hydrogen (secondary N) is 1. The number of carbonyl (C=O) groups is 1. The number of carbonyl (C=O) groups excluding carboxylic acids is 1. The first-order valence-electron chi connectivity index (χ1n) is 5.48. The zero-order chi connectivity index (χ0) is 13.8. The smallest absolute Gasteiger partial charge is 0.260 e. The van der Waals surface area contributed by atoms with Gasteiger partial charge in [0.1, 0.15) is 0 Å². The topological polar surface area (TPSA) is 68.3 Å². The summed E-state index contributed by atoms with van der Waals surface area (Å²) in [6, 6.07) is 8.96. The summed E-state index contributed by atoms with van der Waals surface area (Å²) in [7, 11) is 0. The minimum Gasteiger partial charge on any atom is -0.457 e. The summed E-state index contributed by atoms with van der Waals surface area (Å²) in [5.41, 5.74) is 7.63. The van der Waals surface area contributed by atoms with Crippen LogP contribution in [-0.4, -0.2) is 10.9 Å². The number of anilines is 1.